The van der Waals surface area contributed by atoms with E-state index in [1.807, 2.05) is 6.92 Å². The lowest BCUT2D eigenvalue weighted by atomic mass is 10.2. The molecule has 8 heteroatoms. The van der Waals surface area contributed by atoms with Crippen molar-refractivity contribution in [3.05, 3.63) is 52.8 Å². The van der Waals surface area contributed by atoms with Crippen LogP contribution in [0.3, 0.4) is 0 Å². The Balaban J connectivity index is 1.86. The Morgan fingerprint density at radius 2 is 2.12 bits per heavy atom. The van der Waals surface area contributed by atoms with Gasteiger partial charge in [0.1, 0.15) is 5.75 Å². The molecule has 0 aliphatic rings. The fourth-order valence-corrected chi connectivity index (χ4v) is 2.58. The molecule has 2 N–H and O–H groups in total. The second-order valence-electron chi connectivity index (χ2n) is 5.60. The van der Waals surface area contributed by atoms with Crippen LogP contribution in [0.15, 0.2) is 36.4 Å². The van der Waals surface area contributed by atoms with Crippen LogP contribution >= 0.6 is 11.6 Å². The highest BCUT2D eigenvalue weighted by molar-refractivity contribution is 6.31. The number of rotatable bonds is 6. The largest absolute Gasteiger partial charge is 0.491 e. The van der Waals surface area contributed by atoms with E-state index in [9.17, 15) is 13.6 Å². The highest BCUT2D eigenvalue weighted by Gasteiger charge is 2.15. The molecule has 3 aromatic rings. The van der Waals surface area contributed by atoms with E-state index in [1.54, 1.807) is 18.2 Å². The molecule has 0 fully saturated rings. The van der Waals surface area contributed by atoms with Crippen LogP contribution in [0.1, 0.15) is 36.0 Å². The van der Waals surface area contributed by atoms with Crippen LogP contribution in [0, 0.1) is 0 Å². The first kappa shape index (κ1) is 18.1. The maximum atomic E-state index is 12.7. The number of amides is 1. The zero-order chi connectivity index (χ0) is 18.7. The summed E-state index contributed by atoms with van der Waals surface area (Å²) in [5.74, 6) is -0.335. The van der Waals surface area contributed by atoms with Crippen molar-refractivity contribution in [1.29, 1.82) is 0 Å². The molecule has 5 nitrogen and oxygen atoms in total. The van der Waals surface area contributed by atoms with E-state index < -0.39 is 18.2 Å². The van der Waals surface area contributed by atoms with Gasteiger partial charge in [-0.15, -0.1) is 0 Å². The number of nitrogens with zero attached hydrogens (tertiary/aromatic N) is 1. The molecule has 136 valence electrons. The van der Waals surface area contributed by atoms with Crippen molar-refractivity contribution in [2.24, 2.45) is 0 Å². The van der Waals surface area contributed by atoms with Crippen molar-refractivity contribution < 1.29 is 18.3 Å². The van der Waals surface area contributed by atoms with Gasteiger partial charge in [0.15, 0.2) is 5.82 Å². The molecule has 0 atom stereocenters. The first-order valence-corrected chi connectivity index (χ1v) is 8.37. The van der Waals surface area contributed by atoms with E-state index in [0.717, 1.165) is 6.42 Å². The molecule has 26 heavy (non-hydrogen) atoms. The number of aromatic nitrogens is 2. The molecular formula is C18H16ClF2N3O2. The van der Waals surface area contributed by atoms with Crippen molar-refractivity contribution in [2.45, 2.75) is 19.8 Å². The zero-order valence-electron chi connectivity index (χ0n) is 13.9. The molecule has 2 aromatic carbocycles. The smallest absolute Gasteiger partial charge is 0.295 e. The minimum Gasteiger partial charge on any atom is -0.491 e. The summed E-state index contributed by atoms with van der Waals surface area (Å²) in [7, 11) is 0. The predicted molar refractivity (Wildman–Crippen MR) is 96.2 cm³/mol. The number of nitrogens with one attached hydrogen (secondary N) is 2. The average Bonchev–Trinajstić information content (AvgIpc) is 3.04. The number of H-pyrrole nitrogens is 1. The molecule has 1 amide bonds. The Labute approximate surface area is 153 Å². The second kappa shape index (κ2) is 7.70. The first-order chi connectivity index (χ1) is 12.5. The maximum absolute atomic E-state index is 12.7. The summed E-state index contributed by atoms with van der Waals surface area (Å²) in [5, 5.41) is 3.19. The molecule has 0 unspecified atom stereocenters. The normalized spacial score (nSPS) is 11.1. The number of imidazole rings is 1. The number of aromatic amines is 1. The van der Waals surface area contributed by atoms with E-state index in [4.69, 9.17) is 16.3 Å². The third-order valence-corrected chi connectivity index (χ3v) is 3.86. The van der Waals surface area contributed by atoms with Gasteiger partial charge in [0, 0.05) is 10.6 Å². The predicted octanol–water partition coefficient (Wildman–Crippen LogP) is 5.20. The van der Waals surface area contributed by atoms with Crippen LogP contribution in [0.2, 0.25) is 5.02 Å². The summed E-state index contributed by atoms with van der Waals surface area (Å²) in [5.41, 5.74) is 1.46. The quantitative estimate of drug-likeness (QED) is 0.619. The van der Waals surface area contributed by atoms with Gasteiger partial charge in [0.05, 0.1) is 23.3 Å². The van der Waals surface area contributed by atoms with Crippen LogP contribution in [-0.2, 0) is 0 Å². The molecule has 3 rings (SSSR count). The van der Waals surface area contributed by atoms with Crippen LogP contribution in [0.25, 0.3) is 11.0 Å². The van der Waals surface area contributed by atoms with Crippen LogP contribution in [0.4, 0.5) is 14.5 Å². The van der Waals surface area contributed by atoms with Crippen molar-refractivity contribution in [3.8, 4) is 5.75 Å². The lowest BCUT2D eigenvalue weighted by molar-refractivity contribution is 0.102. The van der Waals surface area contributed by atoms with Gasteiger partial charge in [0.25, 0.3) is 12.3 Å². The third kappa shape index (κ3) is 3.94. The third-order valence-electron chi connectivity index (χ3n) is 3.62. The lowest BCUT2D eigenvalue weighted by Crippen LogP contribution is -2.13. The number of hydrogen-bond donors (Lipinski definition) is 2. The van der Waals surface area contributed by atoms with E-state index in [-0.39, 0.29) is 0 Å². The lowest BCUT2D eigenvalue weighted by Gasteiger charge is -2.12. The molecule has 0 saturated carbocycles. The Morgan fingerprint density at radius 3 is 2.85 bits per heavy atom. The minimum absolute atomic E-state index is 0.295. The van der Waals surface area contributed by atoms with E-state index in [0.29, 0.717) is 39.7 Å². The highest BCUT2D eigenvalue weighted by atomic mass is 35.5. The summed E-state index contributed by atoms with van der Waals surface area (Å²) in [4.78, 5) is 18.8. The van der Waals surface area contributed by atoms with Gasteiger partial charge in [-0.25, -0.2) is 13.8 Å². The summed E-state index contributed by atoms with van der Waals surface area (Å²) < 4.78 is 31.1. The Bertz CT molecular complexity index is 943. The number of carbonyl (C=O) groups excluding carboxylic acids is 1. The summed E-state index contributed by atoms with van der Waals surface area (Å²) in [6.07, 6.45) is -1.89. The zero-order valence-corrected chi connectivity index (χ0v) is 14.6. The second-order valence-corrected chi connectivity index (χ2v) is 6.03. The fraction of sp³-hybridized carbons (Fsp3) is 0.222. The first-order valence-electron chi connectivity index (χ1n) is 7.99. The van der Waals surface area contributed by atoms with Crippen molar-refractivity contribution in [2.75, 3.05) is 11.9 Å². The van der Waals surface area contributed by atoms with Crippen LogP contribution in [0.5, 0.6) is 5.75 Å². The number of alkyl halides is 2. The SMILES string of the molecule is CCCOc1ccc(Cl)cc1NC(=O)c1ccc2nc(C(F)F)[nH]c2c1. The topological polar surface area (TPSA) is 67.0 Å². The molecule has 0 aliphatic heterocycles. The molecular weight excluding hydrogens is 364 g/mol. The average molecular weight is 380 g/mol. The highest BCUT2D eigenvalue weighted by Crippen LogP contribution is 2.29. The minimum atomic E-state index is -2.70. The van der Waals surface area contributed by atoms with E-state index in [1.165, 1.54) is 18.2 Å². The van der Waals surface area contributed by atoms with Gasteiger partial charge in [-0.3, -0.25) is 4.79 Å². The molecule has 0 saturated heterocycles. The van der Waals surface area contributed by atoms with Gasteiger partial charge >= 0.3 is 0 Å². The molecule has 0 bridgehead atoms. The molecule has 1 heterocycles. The van der Waals surface area contributed by atoms with Gasteiger partial charge in [0.2, 0.25) is 0 Å². The van der Waals surface area contributed by atoms with Gasteiger partial charge in [-0.05, 0) is 42.8 Å². The monoisotopic (exact) mass is 379 g/mol. The van der Waals surface area contributed by atoms with Gasteiger partial charge in [-0.2, -0.15) is 0 Å². The number of benzene rings is 2. The molecule has 0 radical (unpaired) electrons. The van der Waals surface area contributed by atoms with E-state index >= 15 is 0 Å². The summed E-state index contributed by atoms with van der Waals surface area (Å²) in [6, 6.07) is 9.45. The molecule has 0 spiro atoms. The fourth-order valence-electron chi connectivity index (χ4n) is 2.41. The number of ether oxygens (including phenoxy) is 1. The van der Waals surface area contributed by atoms with Gasteiger partial charge in [-0.1, -0.05) is 18.5 Å². The van der Waals surface area contributed by atoms with Crippen LogP contribution in [-0.4, -0.2) is 22.5 Å². The number of halogens is 3. The number of fused-ring (bicyclic) bond motifs is 1. The van der Waals surface area contributed by atoms with Crippen molar-refractivity contribution in [3.63, 3.8) is 0 Å². The Morgan fingerprint density at radius 1 is 1.31 bits per heavy atom. The van der Waals surface area contributed by atoms with Crippen molar-refractivity contribution >= 4 is 34.2 Å². The van der Waals surface area contributed by atoms with Crippen molar-refractivity contribution in [1.82, 2.24) is 9.97 Å². The van der Waals surface area contributed by atoms with E-state index in [2.05, 4.69) is 15.3 Å². The number of carbonyl (C=O) groups is 1. The standard InChI is InChI=1S/C18H16ClF2N3O2/c1-2-7-26-15-6-4-11(19)9-14(15)24-18(25)10-3-5-12-13(8-10)23-17(22-12)16(20)21/h3-6,8-9,16H,2,7H2,1H3,(H,22,23)(H,24,25). The van der Waals surface area contributed by atoms with Crippen LogP contribution < -0.4 is 10.1 Å². The Hall–Kier alpha value is -2.67. The summed E-state index contributed by atoms with van der Waals surface area (Å²) in [6.45, 7) is 2.47. The number of hydrogen-bond acceptors (Lipinski definition) is 3. The van der Waals surface area contributed by atoms with Gasteiger partial charge < -0.3 is 15.0 Å². The summed E-state index contributed by atoms with van der Waals surface area (Å²) >= 11 is 6.00. The number of anilines is 1. The molecule has 1 aromatic heterocycles. The Kier molecular flexibility index (Phi) is 5.37. The maximum Gasteiger partial charge on any atom is 0.295 e. The molecule has 0 aliphatic carbocycles.